The molecule has 9 nitrogen and oxygen atoms in total. The smallest absolute Gasteiger partial charge is 0.324 e. The average Bonchev–Trinajstić information content (AvgIpc) is 3.01. The van der Waals surface area contributed by atoms with E-state index in [0.29, 0.717) is 38.9 Å². The van der Waals surface area contributed by atoms with Crippen molar-refractivity contribution in [1.82, 2.24) is 20.9 Å². The van der Waals surface area contributed by atoms with Crippen LogP contribution in [-0.4, -0.2) is 69.3 Å². The molecule has 9 heteroatoms. The Balaban J connectivity index is 1.83. The van der Waals surface area contributed by atoms with E-state index in [0.717, 1.165) is 16.9 Å². The molecule has 1 aromatic rings. The number of amides is 3. The number of imide groups is 1. The molecule has 0 aromatic heterocycles. The van der Waals surface area contributed by atoms with Gasteiger partial charge in [0.1, 0.15) is 12.4 Å². The van der Waals surface area contributed by atoms with E-state index >= 15 is 0 Å². The van der Waals surface area contributed by atoms with Crippen molar-refractivity contribution in [3.8, 4) is 5.75 Å². The van der Waals surface area contributed by atoms with Crippen LogP contribution in [0.5, 0.6) is 5.75 Å². The Morgan fingerprint density at radius 3 is 2.79 bits per heavy atom. The number of nitrogens with zero attached hydrogens (tertiary/aromatic N) is 2. The van der Waals surface area contributed by atoms with Crippen molar-refractivity contribution < 1.29 is 19.1 Å². The van der Waals surface area contributed by atoms with E-state index in [4.69, 9.17) is 9.47 Å². The summed E-state index contributed by atoms with van der Waals surface area (Å²) in [6.45, 7) is 6.94. The van der Waals surface area contributed by atoms with Gasteiger partial charge in [0, 0.05) is 38.9 Å². The maximum absolute atomic E-state index is 11.6. The number of hydrogen-bond donors (Lipinski definition) is 3. The Bertz CT molecular complexity index is 692. The van der Waals surface area contributed by atoms with Crippen molar-refractivity contribution in [2.24, 2.45) is 4.99 Å². The first kappa shape index (κ1) is 21.5. The number of rotatable bonds is 10. The lowest BCUT2D eigenvalue weighted by Gasteiger charge is -2.17. The van der Waals surface area contributed by atoms with Gasteiger partial charge in [-0.15, -0.1) is 0 Å². The maximum Gasteiger partial charge on any atom is 0.324 e. The van der Waals surface area contributed by atoms with Gasteiger partial charge in [-0.05, 0) is 25.5 Å². The summed E-state index contributed by atoms with van der Waals surface area (Å²) in [6, 6.07) is 5.68. The van der Waals surface area contributed by atoms with Gasteiger partial charge in [-0.3, -0.25) is 14.7 Å². The summed E-state index contributed by atoms with van der Waals surface area (Å²) in [4.78, 5) is 28.5. The molecule has 0 atom stereocenters. The summed E-state index contributed by atoms with van der Waals surface area (Å²) in [5, 5.41) is 8.82. The minimum absolute atomic E-state index is 0.0608. The van der Waals surface area contributed by atoms with Crippen molar-refractivity contribution in [3.05, 3.63) is 29.3 Å². The summed E-state index contributed by atoms with van der Waals surface area (Å²) < 4.78 is 11.2. The average molecular weight is 391 g/mol. The number of carbonyl (C=O) groups excluding carboxylic acids is 2. The number of urea groups is 1. The van der Waals surface area contributed by atoms with Crippen molar-refractivity contribution in [2.45, 2.75) is 20.4 Å². The third-order valence-electron chi connectivity index (χ3n) is 4.15. The molecular weight excluding hydrogens is 362 g/mol. The van der Waals surface area contributed by atoms with Gasteiger partial charge in [-0.25, -0.2) is 4.79 Å². The Morgan fingerprint density at radius 2 is 2.11 bits per heavy atom. The van der Waals surface area contributed by atoms with Crippen LogP contribution in [0.25, 0.3) is 0 Å². The van der Waals surface area contributed by atoms with E-state index in [1.54, 1.807) is 7.05 Å². The van der Waals surface area contributed by atoms with Gasteiger partial charge < -0.3 is 25.4 Å². The highest BCUT2D eigenvalue weighted by molar-refractivity contribution is 6.01. The molecule has 1 heterocycles. The number of ether oxygens (including phenoxy) is 2. The minimum Gasteiger partial charge on any atom is -0.491 e. The zero-order valence-corrected chi connectivity index (χ0v) is 16.7. The molecule has 0 aliphatic carbocycles. The molecule has 1 aliphatic rings. The number of carbonyl (C=O) groups is 2. The molecular formula is C19H29N5O4. The summed E-state index contributed by atoms with van der Waals surface area (Å²) in [7, 11) is 1.66. The van der Waals surface area contributed by atoms with Crippen molar-refractivity contribution in [1.29, 1.82) is 0 Å². The van der Waals surface area contributed by atoms with Crippen LogP contribution in [0.4, 0.5) is 4.79 Å². The molecule has 3 amide bonds. The van der Waals surface area contributed by atoms with Gasteiger partial charge in [0.2, 0.25) is 5.91 Å². The van der Waals surface area contributed by atoms with Gasteiger partial charge in [0.15, 0.2) is 5.96 Å². The van der Waals surface area contributed by atoms with Crippen molar-refractivity contribution >= 4 is 17.9 Å². The zero-order valence-electron chi connectivity index (χ0n) is 16.7. The first-order valence-electron chi connectivity index (χ1n) is 9.38. The Morgan fingerprint density at radius 1 is 1.29 bits per heavy atom. The predicted molar refractivity (Wildman–Crippen MR) is 106 cm³/mol. The van der Waals surface area contributed by atoms with Gasteiger partial charge in [0.25, 0.3) is 0 Å². The van der Waals surface area contributed by atoms with Crippen LogP contribution in [0.1, 0.15) is 18.1 Å². The van der Waals surface area contributed by atoms with E-state index < -0.39 is 0 Å². The predicted octanol–water partition coefficient (Wildman–Crippen LogP) is 0.627. The standard InChI is InChI=1S/C19H29N5O4/c1-4-27-9-10-28-16-11-14(2)5-6-15(16)12-22-18(20-3)21-7-8-24-17(25)13-23-19(24)26/h5-6,11H,4,7-10,12-13H2,1-3H3,(H,23,26)(H2,20,21,22). The summed E-state index contributed by atoms with van der Waals surface area (Å²) in [6.07, 6.45) is 0. The second kappa shape index (κ2) is 11.1. The molecule has 2 rings (SSSR count). The molecule has 0 spiro atoms. The van der Waals surface area contributed by atoms with E-state index in [1.807, 2.05) is 32.0 Å². The normalized spacial score (nSPS) is 14.2. The number of guanidine groups is 1. The number of nitrogens with one attached hydrogen (secondary N) is 3. The fourth-order valence-electron chi connectivity index (χ4n) is 2.66. The second-order valence-electron chi connectivity index (χ2n) is 6.21. The Kier molecular flexibility index (Phi) is 8.54. The van der Waals surface area contributed by atoms with Gasteiger partial charge in [-0.1, -0.05) is 12.1 Å². The molecule has 0 unspecified atom stereocenters. The monoisotopic (exact) mass is 391 g/mol. The maximum atomic E-state index is 11.6. The number of benzene rings is 1. The van der Waals surface area contributed by atoms with E-state index in [9.17, 15) is 9.59 Å². The van der Waals surface area contributed by atoms with Crippen LogP contribution in [0.2, 0.25) is 0 Å². The molecule has 3 N–H and O–H groups in total. The van der Waals surface area contributed by atoms with Crippen LogP contribution < -0.4 is 20.7 Å². The van der Waals surface area contributed by atoms with E-state index in [1.165, 1.54) is 4.90 Å². The van der Waals surface area contributed by atoms with Gasteiger partial charge in [-0.2, -0.15) is 0 Å². The quantitative estimate of drug-likeness (QED) is 0.234. The number of aliphatic imine (C=N–C) groups is 1. The summed E-state index contributed by atoms with van der Waals surface area (Å²) in [5.74, 6) is 1.16. The van der Waals surface area contributed by atoms with Crippen LogP contribution in [0, 0.1) is 6.92 Å². The highest BCUT2D eigenvalue weighted by Gasteiger charge is 2.27. The highest BCUT2D eigenvalue weighted by atomic mass is 16.5. The van der Waals surface area contributed by atoms with Crippen molar-refractivity contribution in [3.63, 3.8) is 0 Å². The first-order valence-corrected chi connectivity index (χ1v) is 9.38. The second-order valence-corrected chi connectivity index (χ2v) is 6.21. The van der Waals surface area contributed by atoms with E-state index in [-0.39, 0.29) is 25.0 Å². The van der Waals surface area contributed by atoms with Gasteiger partial charge in [0.05, 0.1) is 13.2 Å². The third-order valence-corrected chi connectivity index (χ3v) is 4.15. The largest absolute Gasteiger partial charge is 0.491 e. The molecule has 1 aromatic carbocycles. The number of hydrogen-bond acceptors (Lipinski definition) is 5. The first-order chi connectivity index (χ1) is 13.5. The molecule has 28 heavy (non-hydrogen) atoms. The lowest BCUT2D eigenvalue weighted by atomic mass is 10.1. The SMILES string of the molecule is CCOCCOc1cc(C)ccc1CNC(=NC)NCCN1C(=O)CNC1=O. The van der Waals surface area contributed by atoms with E-state index in [2.05, 4.69) is 20.9 Å². The molecule has 154 valence electrons. The highest BCUT2D eigenvalue weighted by Crippen LogP contribution is 2.20. The van der Waals surface area contributed by atoms with Crippen LogP contribution in [-0.2, 0) is 16.1 Å². The summed E-state index contributed by atoms with van der Waals surface area (Å²) >= 11 is 0. The topological polar surface area (TPSA) is 104 Å². The molecule has 0 bridgehead atoms. The molecule has 0 radical (unpaired) electrons. The van der Waals surface area contributed by atoms with Crippen LogP contribution >= 0.6 is 0 Å². The van der Waals surface area contributed by atoms with Crippen molar-refractivity contribution in [2.75, 3.05) is 46.5 Å². The van der Waals surface area contributed by atoms with Crippen LogP contribution in [0.3, 0.4) is 0 Å². The van der Waals surface area contributed by atoms with Gasteiger partial charge >= 0.3 is 6.03 Å². The molecule has 0 saturated carbocycles. The number of aryl methyl sites for hydroxylation is 1. The lowest BCUT2D eigenvalue weighted by Crippen LogP contribution is -2.43. The molecule has 1 saturated heterocycles. The fourth-order valence-corrected chi connectivity index (χ4v) is 2.66. The fraction of sp³-hybridized carbons (Fsp3) is 0.526. The molecule has 1 aliphatic heterocycles. The summed E-state index contributed by atoms with van der Waals surface area (Å²) in [5.41, 5.74) is 2.12. The lowest BCUT2D eigenvalue weighted by molar-refractivity contribution is -0.124. The zero-order chi connectivity index (χ0) is 20.4. The Hall–Kier alpha value is -2.81. The van der Waals surface area contributed by atoms with Crippen LogP contribution in [0.15, 0.2) is 23.2 Å². The Labute approximate surface area is 165 Å². The minimum atomic E-state index is -0.358. The third kappa shape index (κ3) is 6.41. The molecule has 1 fully saturated rings.